The second-order valence-corrected chi connectivity index (χ2v) is 6.37. The van der Waals surface area contributed by atoms with Gasteiger partial charge in [0.05, 0.1) is 17.3 Å². The van der Waals surface area contributed by atoms with Crippen molar-refractivity contribution in [1.82, 2.24) is 15.0 Å². The Hall–Kier alpha value is -3.74. The van der Waals surface area contributed by atoms with Crippen LogP contribution >= 0.6 is 0 Å². The molecule has 1 atom stereocenters. The number of phenolic OH excluding ortho intramolecular Hbond substituents is 1. The molecule has 27 heavy (non-hydrogen) atoms. The Morgan fingerprint density at radius 3 is 2.81 bits per heavy atom. The minimum atomic E-state index is -0.785. The maximum Gasteiger partial charge on any atom is 0.236 e. The number of carbonyl (C=O) groups is 1. The highest BCUT2D eigenvalue weighted by molar-refractivity contribution is 6.09. The Labute approximate surface area is 152 Å². The van der Waals surface area contributed by atoms with E-state index < -0.39 is 17.5 Å². The Balaban J connectivity index is 1.84. The summed E-state index contributed by atoms with van der Waals surface area (Å²) in [6, 6.07) is 11.3. The minimum Gasteiger partial charge on any atom is -0.505 e. The molecule has 0 fully saturated rings. The smallest absolute Gasteiger partial charge is 0.236 e. The van der Waals surface area contributed by atoms with Crippen molar-refractivity contribution in [2.75, 3.05) is 5.32 Å². The van der Waals surface area contributed by atoms with E-state index in [1.165, 1.54) is 18.5 Å². The van der Waals surface area contributed by atoms with Gasteiger partial charge in [-0.25, -0.2) is 14.4 Å². The zero-order valence-electron chi connectivity index (χ0n) is 13.9. The molecule has 3 N–H and O–H groups in total. The Morgan fingerprint density at radius 1 is 1.11 bits per heavy atom. The van der Waals surface area contributed by atoms with Crippen molar-refractivity contribution in [1.29, 1.82) is 0 Å². The van der Waals surface area contributed by atoms with Crippen LogP contribution in [-0.2, 0) is 4.79 Å². The third-order valence-electron chi connectivity index (χ3n) is 4.82. The van der Waals surface area contributed by atoms with Crippen LogP contribution in [0.1, 0.15) is 17.0 Å². The lowest BCUT2D eigenvalue weighted by molar-refractivity contribution is -0.116. The van der Waals surface area contributed by atoms with Gasteiger partial charge >= 0.3 is 0 Å². The van der Waals surface area contributed by atoms with Gasteiger partial charge in [-0.2, -0.15) is 0 Å². The first-order valence-corrected chi connectivity index (χ1v) is 8.34. The first-order chi connectivity index (χ1) is 13.1. The van der Waals surface area contributed by atoms with Gasteiger partial charge in [-0.05, 0) is 29.3 Å². The van der Waals surface area contributed by atoms with Crippen molar-refractivity contribution in [3.63, 3.8) is 0 Å². The Bertz CT molecular complexity index is 1220. The summed E-state index contributed by atoms with van der Waals surface area (Å²) >= 11 is 0. The van der Waals surface area contributed by atoms with E-state index >= 15 is 0 Å². The number of phenols is 1. The predicted molar refractivity (Wildman–Crippen MR) is 97.9 cm³/mol. The fourth-order valence-corrected chi connectivity index (χ4v) is 3.60. The molecule has 5 rings (SSSR count). The number of aromatic amines is 1. The first-order valence-electron chi connectivity index (χ1n) is 8.34. The van der Waals surface area contributed by atoms with Gasteiger partial charge in [0.1, 0.15) is 12.0 Å². The number of nitrogens with zero attached hydrogens (tertiary/aromatic N) is 2. The van der Waals surface area contributed by atoms with Crippen LogP contribution in [0.25, 0.3) is 22.3 Å². The van der Waals surface area contributed by atoms with E-state index in [2.05, 4.69) is 20.3 Å². The number of amides is 1. The molecule has 4 aromatic rings. The predicted octanol–water partition coefficient (Wildman–Crippen LogP) is 3.55. The van der Waals surface area contributed by atoms with Crippen LogP contribution in [-0.4, -0.2) is 26.0 Å². The highest BCUT2D eigenvalue weighted by Gasteiger charge is 2.31. The van der Waals surface area contributed by atoms with Crippen molar-refractivity contribution in [2.45, 2.75) is 5.92 Å². The average molecular weight is 360 g/mol. The number of nitrogens with one attached hydrogen (secondary N) is 2. The monoisotopic (exact) mass is 360 g/mol. The molecule has 0 aliphatic carbocycles. The molecule has 1 unspecified atom stereocenters. The maximum atomic E-state index is 14.0. The standard InChI is InChI=1S/C20H13FN4O2/c21-13-7-10(5-6-15(13)26)16-12-8-22-19-17(12)18(23-9-24-19)11-3-1-2-4-14(11)25-20(16)27/h1-9,16,26H,(H,25,27)(H,22,23,24). The highest BCUT2D eigenvalue weighted by Crippen LogP contribution is 2.41. The summed E-state index contributed by atoms with van der Waals surface area (Å²) in [5.41, 5.74) is 3.78. The molecule has 0 saturated heterocycles. The van der Waals surface area contributed by atoms with E-state index in [1.807, 2.05) is 18.2 Å². The number of hydrogen-bond donors (Lipinski definition) is 3. The number of para-hydroxylation sites is 1. The molecule has 1 amide bonds. The quantitative estimate of drug-likeness (QED) is 0.484. The number of rotatable bonds is 1. The summed E-state index contributed by atoms with van der Waals surface area (Å²) in [5, 5.41) is 13.1. The van der Waals surface area contributed by atoms with Gasteiger partial charge < -0.3 is 15.4 Å². The summed E-state index contributed by atoms with van der Waals surface area (Å²) in [6.07, 6.45) is 3.17. The van der Waals surface area contributed by atoms with Crippen LogP contribution in [0.15, 0.2) is 55.0 Å². The van der Waals surface area contributed by atoms with Crippen molar-refractivity contribution < 1.29 is 14.3 Å². The van der Waals surface area contributed by atoms with E-state index in [-0.39, 0.29) is 5.91 Å². The second kappa shape index (κ2) is 5.63. The van der Waals surface area contributed by atoms with E-state index in [0.29, 0.717) is 28.2 Å². The van der Waals surface area contributed by atoms with Crippen LogP contribution < -0.4 is 5.32 Å². The van der Waals surface area contributed by atoms with Crippen molar-refractivity contribution in [2.24, 2.45) is 0 Å². The topological polar surface area (TPSA) is 90.9 Å². The van der Waals surface area contributed by atoms with Crippen LogP contribution in [0, 0.1) is 5.82 Å². The third kappa shape index (κ3) is 2.28. The van der Waals surface area contributed by atoms with Gasteiger partial charge in [-0.15, -0.1) is 0 Å². The molecule has 1 aliphatic rings. The lowest BCUT2D eigenvalue weighted by Crippen LogP contribution is -2.24. The van der Waals surface area contributed by atoms with Gasteiger partial charge in [-0.1, -0.05) is 24.3 Å². The number of H-pyrrole nitrogens is 1. The number of anilines is 1. The molecule has 0 spiro atoms. The molecule has 132 valence electrons. The summed E-state index contributed by atoms with van der Waals surface area (Å²) < 4.78 is 14.0. The van der Waals surface area contributed by atoms with Crippen molar-refractivity contribution in [3.05, 3.63) is 71.9 Å². The van der Waals surface area contributed by atoms with Crippen LogP contribution in [0.3, 0.4) is 0 Å². The van der Waals surface area contributed by atoms with E-state index in [1.54, 1.807) is 18.3 Å². The van der Waals surface area contributed by atoms with Gasteiger partial charge in [-0.3, -0.25) is 4.79 Å². The molecule has 2 aromatic heterocycles. The number of carbonyl (C=O) groups excluding carboxylic acids is 1. The minimum absolute atomic E-state index is 0.303. The summed E-state index contributed by atoms with van der Waals surface area (Å²) in [6.45, 7) is 0. The summed E-state index contributed by atoms with van der Waals surface area (Å²) in [7, 11) is 0. The van der Waals surface area contributed by atoms with Crippen LogP contribution in [0.5, 0.6) is 5.75 Å². The largest absolute Gasteiger partial charge is 0.505 e. The fourth-order valence-electron chi connectivity index (χ4n) is 3.60. The van der Waals surface area contributed by atoms with Crippen molar-refractivity contribution in [3.8, 4) is 17.0 Å². The van der Waals surface area contributed by atoms with E-state index in [4.69, 9.17) is 0 Å². The molecule has 7 heteroatoms. The molecule has 2 aromatic carbocycles. The molecule has 3 heterocycles. The number of fused-ring (bicyclic) bond motifs is 2. The number of halogens is 1. The third-order valence-corrected chi connectivity index (χ3v) is 4.82. The maximum absolute atomic E-state index is 14.0. The molecular weight excluding hydrogens is 347 g/mol. The number of aromatic hydroxyl groups is 1. The zero-order chi connectivity index (χ0) is 18.5. The number of benzene rings is 2. The Morgan fingerprint density at radius 2 is 1.96 bits per heavy atom. The molecule has 0 saturated carbocycles. The summed E-state index contributed by atoms with van der Waals surface area (Å²) in [4.78, 5) is 24.9. The Kier molecular flexibility index (Phi) is 3.24. The van der Waals surface area contributed by atoms with Crippen LogP contribution in [0.4, 0.5) is 10.1 Å². The molecule has 1 aliphatic heterocycles. The lowest BCUT2D eigenvalue weighted by Gasteiger charge is -2.22. The van der Waals surface area contributed by atoms with Crippen molar-refractivity contribution >= 4 is 22.6 Å². The first kappa shape index (κ1) is 15.5. The van der Waals surface area contributed by atoms with Gasteiger partial charge in [0.15, 0.2) is 11.6 Å². The molecular formula is C20H13FN4O2. The normalized spacial score (nSPS) is 15.7. The molecule has 6 nitrogen and oxygen atoms in total. The van der Waals surface area contributed by atoms with E-state index in [0.717, 1.165) is 10.9 Å². The SMILES string of the molecule is O=C1Nc2ccccc2-c2ncnc3[nH]cc(c23)C1c1ccc(O)c(F)c1. The molecule has 0 bridgehead atoms. The highest BCUT2D eigenvalue weighted by atomic mass is 19.1. The van der Waals surface area contributed by atoms with E-state index in [9.17, 15) is 14.3 Å². The average Bonchev–Trinajstić information content (AvgIpc) is 3.08. The summed E-state index contributed by atoms with van der Waals surface area (Å²) in [5.74, 6) is -2.33. The fraction of sp³-hybridized carbons (Fsp3) is 0.0500. The van der Waals surface area contributed by atoms with Gasteiger partial charge in [0.2, 0.25) is 5.91 Å². The van der Waals surface area contributed by atoms with Gasteiger partial charge in [0.25, 0.3) is 0 Å². The number of hydrogen-bond acceptors (Lipinski definition) is 4. The zero-order valence-corrected chi connectivity index (χ0v) is 13.9. The van der Waals surface area contributed by atoms with Gasteiger partial charge in [0, 0.05) is 17.1 Å². The number of aromatic nitrogens is 3. The lowest BCUT2D eigenvalue weighted by atomic mass is 9.87. The second-order valence-electron chi connectivity index (χ2n) is 6.37. The van der Waals surface area contributed by atoms with Crippen LogP contribution in [0.2, 0.25) is 0 Å². The molecule has 0 radical (unpaired) electrons.